The predicted molar refractivity (Wildman–Crippen MR) is 81.8 cm³/mol. The van der Waals surface area contributed by atoms with Crippen LogP contribution in [0.4, 0.5) is 0 Å². The molecule has 1 heterocycles. The first-order chi connectivity index (χ1) is 8.58. The molecule has 0 spiro atoms. The van der Waals surface area contributed by atoms with Crippen LogP contribution in [0.5, 0.6) is 0 Å². The first-order valence-electron chi connectivity index (χ1n) is 6.38. The average Bonchev–Trinajstić information content (AvgIpc) is 2.72. The standard InChI is InChI=1S/C14H19Br2NO/c1-9(13-4-3-12(15)7-14(13)16)17-8-11-5-6-18-10(11)2/h3-4,7,9-11,17H,5-6,8H2,1-2H3. The van der Waals surface area contributed by atoms with Gasteiger partial charge in [-0.05, 0) is 43.9 Å². The van der Waals surface area contributed by atoms with Gasteiger partial charge >= 0.3 is 0 Å². The van der Waals surface area contributed by atoms with E-state index < -0.39 is 0 Å². The van der Waals surface area contributed by atoms with Crippen molar-refractivity contribution in [3.8, 4) is 0 Å². The summed E-state index contributed by atoms with van der Waals surface area (Å²) in [4.78, 5) is 0. The molecule has 18 heavy (non-hydrogen) atoms. The van der Waals surface area contributed by atoms with Gasteiger partial charge in [0, 0.05) is 28.1 Å². The summed E-state index contributed by atoms with van der Waals surface area (Å²) in [6, 6.07) is 6.68. The molecule has 2 rings (SSSR count). The van der Waals surface area contributed by atoms with E-state index >= 15 is 0 Å². The molecule has 0 aromatic heterocycles. The molecule has 0 saturated carbocycles. The zero-order valence-electron chi connectivity index (χ0n) is 10.7. The van der Waals surface area contributed by atoms with Crippen molar-refractivity contribution in [2.24, 2.45) is 5.92 Å². The van der Waals surface area contributed by atoms with E-state index in [9.17, 15) is 0 Å². The highest BCUT2D eigenvalue weighted by Gasteiger charge is 2.24. The number of hydrogen-bond acceptors (Lipinski definition) is 2. The Hall–Kier alpha value is 0.1000. The van der Waals surface area contributed by atoms with E-state index in [1.54, 1.807) is 0 Å². The fourth-order valence-electron chi connectivity index (χ4n) is 2.33. The van der Waals surface area contributed by atoms with Gasteiger partial charge in [-0.2, -0.15) is 0 Å². The summed E-state index contributed by atoms with van der Waals surface area (Å²) in [7, 11) is 0. The first-order valence-corrected chi connectivity index (χ1v) is 7.96. The molecule has 4 heteroatoms. The van der Waals surface area contributed by atoms with Crippen LogP contribution in [-0.4, -0.2) is 19.3 Å². The van der Waals surface area contributed by atoms with E-state index in [2.05, 4.69) is 69.2 Å². The highest BCUT2D eigenvalue weighted by Crippen LogP contribution is 2.27. The molecule has 3 atom stereocenters. The van der Waals surface area contributed by atoms with Crippen LogP contribution in [0.2, 0.25) is 0 Å². The number of nitrogens with one attached hydrogen (secondary N) is 1. The van der Waals surface area contributed by atoms with Gasteiger partial charge in [-0.15, -0.1) is 0 Å². The Morgan fingerprint density at radius 1 is 1.44 bits per heavy atom. The van der Waals surface area contributed by atoms with Gasteiger partial charge in [0.15, 0.2) is 0 Å². The highest BCUT2D eigenvalue weighted by atomic mass is 79.9. The van der Waals surface area contributed by atoms with Gasteiger partial charge in [0.2, 0.25) is 0 Å². The van der Waals surface area contributed by atoms with Gasteiger partial charge in [-0.1, -0.05) is 37.9 Å². The quantitative estimate of drug-likeness (QED) is 0.846. The summed E-state index contributed by atoms with van der Waals surface area (Å²) in [5.41, 5.74) is 1.30. The van der Waals surface area contributed by atoms with Crippen LogP contribution in [-0.2, 0) is 4.74 Å². The molecule has 0 bridgehead atoms. The Kier molecular flexibility index (Phi) is 5.24. The van der Waals surface area contributed by atoms with Gasteiger partial charge in [0.1, 0.15) is 0 Å². The molecule has 1 aromatic rings. The Morgan fingerprint density at radius 2 is 2.22 bits per heavy atom. The second-order valence-electron chi connectivity index (χ2n) is 4.92. The maximum absolute atomic E-state index is 5.59. The topological polar surface area (TPSA) is 21.3 Å². The zero-order valence-corrected chi connectivity index (χ0v) is 13.9. The SMILES string of the molecule is CC(NCC1CCOC1C)c1ccc(Br)cc1Br. The molecular formula is C14H19Br2NO. The molecular weight excluding hydrogens is 358 g/mol. The van der Waals surface area contributed by atoms with E-state index in [-0.39, 0.29) is 0 Å². The molecule has 0 amide bonds. The van der Waals surface area contributed by atoms with E-state index in [1.165, 1.54) is 12.0 Å². The van der Waals surface area contributed by atoms with Crippen molar-refractivity contribution in [3.63, 3.8) is 0 Å². The van der Waals surface area contributed by atoms with Gasteiger partial charge in [0.05, 0.1) is 6.10 Å². The molecule has 100 valence electrons. The maximum Gasteiger partial charge on any atom is 0.0588 e. The fraction of sp³-hybridized carbons (Fsp3) is 0.571. The number of halogens is 2. The summed E-state index contributed by atoms with van der Waals surface area (Å²) >= 11 is 7.10. The lowest BCUT2D eigenvalue weighted by atomic mass is 10.0. The third-order valence-electron chi connectivity index (χ3n) is 3.65. The number of hydrogen-bond donors (Lipinski definition) is 1. The molecule has 1 N–H and O–H groups in total. The van der Waals surface area contributed by atoms with Crippen molar-refractivity contribution in [2.75, 3.05) is 13.2 Å². The minimum atomic E-state index is 0.347. The smallest absolute Gasteiger partial charge is 0.0588 e. The number of rotatable bonds is 4. The Bertz CT molecular complexity index is 411. The van der Waals surface area contributed by atoms with Crippen molar-refractivity contribution >= 4 is 31.9 Å². The van der Waals surface area contributed by atoms with Crippen LogP contribution in [0.1, 0.15) is 31.9 Å². The zero-order chi connectivity index (χ0) is 13.1. The lowest BCUT2D eigenvalue weighted by Crippen LogP contribution is -2.29. The summed E-state index contributed by atoms with van der Waals surface area (Å²) in [6.45, 7) is 6.29. The molecule has 0 aliphatic carbocycles. The monoisotopic (exact) mass is 375 g/mol. The lowest BCUT2D eigenvalue weighted by Gasteiger charge is -2.20. The van der Waals surface area contributed by atoms with E-state index in [0.717, 1.165) is 22.1 Å². The van der Waals surface area contributed by atoms with Crippen molar-refractivity contribution in [3.05, 3.63) is 32.7 Å². The van der Waals surface area contributed by atoms with Crippen molar-refractivity contribution in [2.45, 2.75) is 32.4 Å². The summed E-state index contributed by atoms with van der Waals surface area (Å²) in [5, 5.41) is 3.61. The molecule has 2 nitrogen and oxygen atoms in total. The average molecular weight is 377 g/mol. The predicted octanol–water partition coefficient (Wildman–Crippen LogP) is 4.29. The molecule has 1 aliphatic rings. The minimum absolute atomic E-state index is 0.347. The fourth-order valence-corrected chi connectivity index (χ4v) is 3.73. The second kappa shape index (κ2) is 6.51. The van der Waals surface area contributed by atoms with Crippen LogP contribution in [0.15, 0.2) is 27.1 Å². The Morgan fingerprint density at radius 3 is 2.83 bits per heavy atom. The molecule has 0 radical (unpaired) electrons. The molecule has 1 aromatic carbocycles. The summed E-state index contributed by atoms with van der Waals surface area (Å²) < 4.78 is 7.83. The Labute approximate surface area is 126 Å². The summed E-state index contributed by atoms with van der Waals surface area (Å²) in [5.74, 6) is 0.640. The largest absolute Gasteiger partial charge is 0.378 e. The molecule has 1 aliphatic heterocycles. The number of benzene rings is 1. The third kappa shape index (κ3) is 3.56. The second-order valence-corrected chi connectivity index (χ2v) is 6.69. The van der Waals surface area contributed by atoms with Gasteiger partial charge in [0.25, 0.3) is 0 Å². The van der Waals surface area contributed by atoms with Crippen LogP contribution >= 0.6 is 31.9 Å². The normalized spacial score (nSPS) is 25.3. The van der Waals surface area contributed by atoms with Gasteiger partial charge < -0.3 is 10.1 Å². The summed E-state index contributed by atoms with van der Waals surface area (Å²) in [6.07, 6.45) is 1.56. The third-order valence-corrected chi connectivity index (χ3v) is 4.83. The minimum Gasteiger partial charge on any atom is -0.378 e. The van der Waals surface area contributed by atoms with Gasteiger partial charge in [-0.3, -0.25) is 0 Å². The van der Waals surface area contributed by atoms with Crippen molar-refractivity contribution in [1.29, 1.82) is 0 Å². The molecule has 3 unspecified atom stereocenters. The lowest BCUT2D eigenvalue weighted by molar-refractivity contribution is 0.105. The maximum atomic E-state index is 5.59. The van der Waals surface area contributed by atoms with Crippen molar-refractivity contribution < 1.29 is 4.74 Å². The van der Waals surface area contributed by atoms with Crippen LogP contribution in [0.3, 0.4) is 0 Å². The Balaban J connectivity index is 1.93. The number of ether oxygens (including phenoxy) is 1. The molecule has 1 fully saturated rings. The van der Waals surface area contributed by atoms with Crippen LogP contribution < -0.4 is 5.32 Å². The van der Waals surface area contributed by atoms with E-state index in [0.29, 0.717) is 18.1 Å². The highest BCUT2D eigenvalue weighted by molar-refractivity contribution is 9.11. The van der Waals surface area contributed by atoms with E-state index in [1.807, 2.05) is 0 Å². The van der Waals surface area contributed by atoms with Crippen molar-refractivity contribution in [1.82, 2.24) is 5.32 Å². The van der Waals surface area contributed by atoms with Crippen LogP contribution in [0.25, 0.3) is 0 Å². The van der Waals surface area contributed by atoms with Crippen LogP contribution in [0, 0.1) is 5.92 Å². The van der Waals surface area contributed by atoms with Gasteiger partial charge in [-0.25, -0.2) is 0 Å². The first kappa shape index (κ1) is 14.5. The molecule has 1 saturated heterocycles. The van der Waals surface area contributed by atoms with E-state index in [4.69, 9.17) is 4.74 Å².